The standard InChI is InChI=1S/C18H15P.Ir.3H/c1-4-10-16(11-5-1)19(17-12-6-2-7-13-17)18-14-8-3-9-15-18;;;;/h1-15H;;;;. The Labute approximate surface area is 135 Å². The molecular weight excluding hydrogens is 439 g/mol. The molecule has 0 spiro atoms. The molecule has 3 aromatic rings. The van der Waals surface area contributed by atoms with Gasteiger partial charge in [-0.2, -0.15) is 0 Å². The van der Waals surface area contributed by atoms with Crippen LogP contribution in [0.1, 0.15) is 0 Å². The minimum absolute atomic E-state index is 0. The summed E-state index contributed by atoms with van der Waals surface area (Å²) in [5, 5.41) is 4.19. The van der Waals surface area contributed by atoms with Crippen LogP contribution in [0.4, 0.5) is 0 Å². The van der Waals surface area contributed by atoms with Gasteiger partial charge in [0.15, 0.2) is 0 Å². The van der Waals surface area contributed by atoms with E-state index in [0.717, 1.165) is 0 Å². The maximum absolute atomic E-state index is 2.23. The molecule has 0 aliphatic rings. The molecule has 0 nitrogen and oxygen atoms in total. The molecule has 0 N–H and O–H groups in total. The van der Waals surface area contributed by atoms with E-state index in [0.29, 0.717) is 0 Å². The fraction of sp³-hybridized carbons (Fsp3) is 0. The van der Waals surface area contributed by atoms with Crippen molar-refractivity contribution in [3.8, 4) is 0 Å². The first-order valence-electron chi connectivity index (χ1n) is 6.40. The van der Waals surface area contributed by atoms with E-state index in [1.54, 1.807) is 0 Å². The van der Waals surface area contributed by atoms with Crippen molar-refractivity contribution in [3.05, 3.63) is 91.0 Å². The Morgan fingerprint density at radius 3 is 0.900 bits per heavy atom. The van der Waals surface area contributed by atoms with Gasteiger partial charge in [-0.25, -0.2) is 0 Å². The summed E-state index contributed by atoms with van der Waals surface area (Å²) in [5.41, 5.74) is 0. The molecule has 104 valence electrons. The molecule has 0 saturated carbocycles. The van der Waals surface area contributed by atoms with Crippen LogP contribution in [-0.4, -0.2) is 0 Å². The Morgan fingerprint density at radius 1 is 0.400 bits per heavy atom. The minimum Gasteiger partial charge on any atom is -0.0622 e. The zero-order valence-electron chi connectivity index (χ0n) is 11.0. The van der Waals surface area contributed by atoms with Crippen molar-refractivity contribution in [2.24, 2.45) is 0 Å². The van der Waals surface area contributed by atoms with Crippen molar-refractivity contribution >= 4 is 23.8 Å². The van der Waals surface area contributed by atoms with Gasteiger partial charge in [-0.3, -0.25) is 0 Å². The second-order valence-electron chi connectivity index (χ2n) is 4.34. The Hall–Kier alpha value is -1.26. The van der Waals surface area contributed by atoms with E-state index in [1.807, 2.05) is 0 Å². The largest absolute Gasteiger partial charge is 0.0622 e. The van der Waals surface area contributed by atoms with Crippen LogP contribution in [0, 0.1) is 0 Å². The predicted molar refractivity (Wildman–Crippen MR) is 89.3 cm³/mol. The van der Waals surface area contributed by atoms with E-state index in [-0.39, 0.29) is 20.1 Å². The van der Waals surface area contributed by atoms with Crippen molar-refractivity contribution in [1.82, 2.24) is 0 Å². The number of hydrogen-bond donors (Lipinski definition) is 0. The van der Waals surface area contributed by atoms with E-state index in [4.69, 9.17) is 0 Å². The summed E-state index contributed by atoms with van der Waals surface area (Å²) < 4.78 is 0. The zero-order chi connectivity index (χ0) is 12.9. The van der Waals surface area contributed by atoms with Crippen LogP contribution < -0.4 is 15.9 Å². The first kappa shape index (κ1) is 15.1. The van der Waals surface area contributed by atoms with E-state index in [9.17, 15) is 0 Å². The summed E-state index contributed by atoms with van der Waals surface area (Å²) in [7, 11) is -0.446. The zero-order valence-corrected chi connectivity index (χ0v) is 14.8. The third kappa shape index (κ3) is 3.44. The van der Waals surface area contributed by atoms with Crippen LogP contribution in [0.15, 0.2) is 91.0 Å². The summed E-state index contributed by atoms with van der Waals surface area (Å²) in [6.45, 7) is 0. The van der Waals surface area contributed by atoms with Gasteiger partial charge in [0, 0.05) is 0 Å². The summed E-state index contributed by atoms with van der Waals surface area (Å²) in [6.07, 6.45) is 0. The van der Waals surface area contributed by atoms with Crippen molar-refractivity contribution in [3.63, 3.8) is 0 Å². The molecule has 0 saturated heterocycles. The molecule has 0 aromatic heterocycles. The SMILES string of the molecule is [IrH3].c1ccc(P(c2ccccc2)c2ccccc2)cc1. The quantitative estimate of drug-likeness (QED) is 0.531. The molecule has 0 aliphatic carbocycles. The van der Waals surface area contributed by atoms with Gasteiger partial charge in [0.1, 0.15) is 0 Å². The van der Waals surface area contributed by atoms with Crippen molar-refractivity contribution in [1.29, 1.82) is 0 Å². The van der Waals surface area contributed by atoms with Crippen LogP contribution in [0.2, 0.25) is 0 Å². The van der Waals surface area contributed by atoms with Gasteiger partial charge >= 0.3 is 20.1 Å². The average Bonchev–Trinajstić information content (AvgIpc) is 2.51. The van der Waals surface area contributed by atoms with Crippen LogP contribution in [0.3, 0.4) is 0 Å². The van der Waals surface area contributed by atoms with E-state index >= 15 is 0 Å². The molecule has 0 amide bonds. The molecule has 3 aromatic carbocycles. The van der Waals surface area contributed by atoms with E-state index in [2.05, 4.69) is 91.0 Å². The topological polar surface area (TPSA) is 0 Å². The van der Waals surface area contributed by atoms with Gasteiger partial charge in [-0.15, -0.1) is 0 Å². The van der Waals surface area contributed by atoms with Crippen molar-refractivity contribution < 1.29 is 20.1 Å². The molecule has 20 heavy (non-hydrogen) atoms. The summed E-state index contributed by atoms with van der Waals surface area (Å²) >= 11 is 0. The van der Waals surface area contributed by atoms with Gasteiger partial charge in [-0.05, 0) is 23.8 Å². The molecular formula is C18H18IrP. The first-order chi connectivity index (χ1) is 9.45. The van der Waals surface area contributed by atoms with Crippen LogP contribution >= 0.6 is 7.92 Å². The number of rotatable bonds is 3. The Morgan fingerprint density at radius 2 is 0.650 bits per heavy atom. The maximum Gasteiger partial charge on any atom is -0.0134 e. The third-order valence-electron chi connectivity index (χ3n) is 3.04. The first-order valence-corrected chi connectivity index (χ1v) is 7.74. The van der Waals surface area contributed by atoms with Crippen LogP contribution in [0.25, 0.3) is 0 Å². The monoisotopic (exact) mass is 458 g/mol. The molecule has 2 heteroatoms. The van der Waals surface area contributed by atoms with Gasteiger partial charge in [0.2, 0.25) is 0 Å². The Balaban J connectivity index is 0.00000147. The number of hydrogen-bond acceptors (Lipinski definition) is 0. The van der Waals surface area contributed by atoms with Gasteiger partial charge in [-0.1, -0.05) is 91.0 Å². The van der Waals surface area contributed by atoms with E-state index < -0.39 is 7.92 Å². The second kappa shape index (κ2) is 7.50. The molecule has 3 rings (SSSR count). The van der Waals surface area contributed by atoms with E-state index in [1.165, 1.54) is 15.9 Å². The normalized spacial score (nSPS) is 10.1. The minimum atomic E-state index is -0.446. The smallest absolute Gasteiger partial charge is 0.0134 e. The summed E-state index contributed by atoms with van der Waals surface area (Å²) in [4.78, 5) is 0. The van der Waals surface area contributed by atoms with Crippen LogP contribution in [0.5, 0.6) is 0 Å². The molecule has 0 unspecified atom stereocenters. The predicted octanol–water partition coefficient (Wildman–Crippen LogP) is 2.64. The van der Waals surface area contributed by atoms with Gasteiger partial charge in [0.05, 0.1) is 0 Å². The third-order valence-corrected chi connectivity index (χ3v) is 5.49. The number of benzene rings is 3. The van der Waals surface area contributed by atoms with Crippen molar-refractivity contribution in [2.75, 3.05) is 0 Å². The fourth-order valence-corrected chi connectivity index (χ4v) is 4.48. The summed E-state index contributed by atoms with van der Waals surface area (Å²) in [6, 6.07) is 32.3. The Bertz CT molecular complexity index is 529. The molecule has 0 aliphatic heterocycles. The Kier molecular flexibility index (Phi) is 5.68. The van der Waals surface area contributed by atoms with Crippen LogP contribution in [-0.2, 0) is 20.1 Å². The molecule has 1 radical (unpaired) electrons. The molecule has 0 heterocycles. The molecule has 0 fully saturated rings. The summed E-state index contributed by atoms with van der Waals surface area (Å²) in [5.74, 6) is 0. The second-order valence-corrected chi connectivity index (χ2v) is 6.56. The van der Waals surface area contributed by atoms with Crippen molar-refractivity contribution in [2.45, 2.75) is 0 Å². The maximum atomic E-state index is 2.23. The van der Waals surface area contributed by atoms with Gasteiger partial charge < -0.3 is 0 Å². The molecule has 0 bridgehead atoms. The fourth-order valence-electron chi connectivity index (χ4n) is 2.18. The molecule has 0 atom stereocenters. The average molecular weight is 458 g/mol. The van der Waals surface area contributed by atoms with Gasteiger partial charge in [0.25, 0.3) is 0 Å².